The standard InChI is InChI=1S/C11H18N2O6S/c14-10(15)8-6-19-7-9(8)12-11(16)13-2-1-4-20(17,18)5-3-13/h8-9H,1-7H2,(H,12,16)(H,14,15). The number of nitrogens with zero attached hydrogens (tertiary/aromatic N) is 1. The van der Waals surface area contributed by atoms with Crippen molar-refractivity contribution in [3.63, 3.8) is 0 Å². The molecule has 2 atom stereocenters. The third kappa shape index (κ3) is 3.60. The van der Waals surface area contributed by atoms with Gasteiger partial charge in [-0.1, -0.05) is 0 Å². The molecule has 0 aromatic carbocycles. The molecular formula is C11H18N2O6S. The van der Waals surface area contributed by atoms with E-state index in [1.807, 2.05) is 0 Å². The van der Waals surface area contributed by atoms with E-state index in [1.54, 1.807) is 0 Å². The number of amides is 2. The summed E-state index contributed by atoms with van der Waals surface area (Å²) < 4.78 is 28.0. The lowest BCUT2D eigenvalue weighted by Gasteiger charge is -2.24. The molecule has 0 aromatic heterocycles. The maximum absolute atomic E-state index is 12.1. The van der Waals surface area contributed by atoms with Crippen molar-refractivity contribution in [2.45, 2.75) is 12.5 Å². The van der Waals surface area contributed by atoms with E-state index in [-0.39, 0.29) is 31.3 Å². The van der Waals surface area contributed by atoms with E-state index in [0.29, 0.717) is 13.0 Å². The molecule has 2 rings (SSSR count). The van der Waals surface area contributed by atoms with Gasteiger partial charge in [0, 0.05) is 13.1 Å². The SMILES string of the molecule is O=C(O)C1COCC1NC(=O)N1CCCS(=O)(=O)CC1. The summed E-state index contributed by atoms with van der Waals surface area (Å²) in [6, 6.07) is -0.997. The Kier molecular flexibility index (Phi) is 4.48. The molecule has 8 nitrogen and oxygen atoms in total. The minimum absolute atomic E-state index is 0.0516. The van der Waals surface area contributed by atoms with Crippen LogP contribution in [0.4, 0.5) is 4.79 Å². The van der Waals surface area contributed by atoms with Crippen molar-refractivity contribution < 1.29 is 27.9 Å². The number of urea groups is 1. The summed E-state index contributed by atoms with van der Waals surface area (Å²) >= 11 is 0. The first-order chi connectivity index (χ1) is 9.39. The van der Waals surface area contributed by atoms with Crippen LogP contribution in [-0.4, -0.2) is 74.3 Å². The van der Waals surface area contributed by atoms with Gasteiger partial charge in [0.25, 0.3) is 0 Å². The zero-order chi connectivity index (χ0) is 14.8. The lowest BCUT2D eigenvalue weighted by Crippen LogP contribution is -2.49. The number of carbonyl (C=O) groups excluding carboxylic acids is 1. The van der Waals surface area contributed by atoms with Gasteiger partial charge < -0.3 is 20.1 Å². The van der Waals surface area contributed by atoms with Crippen LogP contribution in [-0.2, 0) is 19.4 Å². The third-order valence-corrected chi connectivity index (χ3v) is 5.26. The molecule has 2 heterocycles. The number of hydrogen-bond donors (Lipinski definition) is 2. The second-order valence-corrected chi connectivity index (χ2v) is 7.33. The van der Waals surface area contributed by atoms with Crippen LogP contribution in [0.25, 0.3) is 0 Å². The van der Waals surface area contributed by atoms with Crippen molar-refractivity contribution in [3.8, 4) is 0 Å². The minimum Gasteiger partial charge on any atom is -0.481 e. The predicted molar refractivity (Wildman–Crippen MR) is 69.1 cm³/mol. The Morgan fingerprint density at radius 1 is 1.20 bits per heavy atom. The minimum atomic E-state index is -3.08. The summed E-state index contributed by atoms with van der Waals surface area (Å²) in [5.41, 5.74) is 0. The van der Waals surface area contributed by atoms with E-state index >= 15 is 0 Å². The largest absolute Gasteiger partial charge is 0.481 e. The molecule has 2 fully saturated rings. The topological polar surface area (TPSA) is 113 Å². The van der Waals surface area contributed by atoms with Gasteiger partial charge >= 0.3 is 12.0 Å². The number of aliphatic carboxylic acids is 1. The van der Waals surface area contributed by atoms with Gasteiger partial charge in [-0.3, -0.25) is 4.79 Å². The first kappa shape index (κ1) is 15.0. The third-order valence-electron chi connectivity index (χ3n) is 3.55. The van der Waals surface area contributed by atoms with Crippen LogP contribution in [0.15, 0.2) is 0 Å². The molecule has 2 aliphatic heterocycles. The Morgan fingerprint density at radius 3 is 2.65 bits per heavy atom. The molecule has 2 unspecified atom stereocenters. The highest BCUT2D eigenvalue weighted by molar-refractivity contribution is 7.91. The van der Waals surface area contributed by atoms with E-state index in [2.05, 4.69) is 5.32 Å². The Bertz CT molecular complexity index is 491. The van der Waals surface area contributed by atoms with Crippen molar-refractivity contribution in [1.82, 2.24) is 10.2 Å². The van der Waals surface area contributed by atoms with Gasteiger partial charge in [-0.15, -0.1) is 0 Å². The Morgan fingerprint density at radius 2 is 1.95 bits per heavy atom. The molecular weight excluding hydrogens is 288 g/mol. The number of sulfone groups is 1. The molecule has 9 heteroatoms. The quantitative estimate of drug-likeness (QED) is 0.670. The Labute approximate surface area is 117 Å². The number of carboxylic acid groups (broad SMARTS) is 1. The summed E-state index contributed by atoms with van der Waals surface area (Å²) in [5, 5.41) is 11.6. The first-order valence-corrected chi connectivity index (χ1v) is 8.27. The lowest BCUT2D eigenvalue weighted by molar-refractivity contribution is -0.142. The zero-order valence-corrected chi connectivity index (χ0v) is 11.8. The van der Waals surface area contributed by atoms with Crippen molar-refractivity contribution in [3.05, 3.63) is 0 Å². The van der Waals surface area contributed by atoms with Crippen LogP contribution in [0, 0.1) is 5.92 Å². The van der Waals surface area contributed by atoms with Crippen LogP contribution in [0.1, 0.15) is 6.42 Å². The highest BCUT2D eigenvalue weighted by atomic mass is 32.2. The number of nitrogens with one attached hydrogen (secondary N) is 1. The monoisotopic (exact) mass is 306 g/mol. The van der Waals surface area contributed by atoms with Gasteiger partial charge in [-0.25, -0.2) is 13.2 Å². The first-order valence-electron chi connectivity index (χ1n) is 6.45. The molecule has 20 heavy (non-hydrogen) atoms. The van der Waals surface area contributed by atoms with E-state index in [1.165, 1.54) is 4.90 Å². The maximum atomic E-state index is 12.1. The molecule has 0 spiro atoms. The predicted octanol–water partition coefficient (Wildman–Crippen LogP) is -1.08. The highest BCUT2D eigenvalue weighted by Gasteiger charge is 2.36. The van der Waals surface area contributed by atoms with E-state index in [4.69, 9.17) is 9.84 Å². The van der Waals surface area contributed by atoms with Gasteiger partial charge in [0.2, 0.25) is 0 Å². The summed E-state index contributed by atoms with van der Waals surface area (Å²) in [6.45, 7) is 0.735. The molecule has 2 saturated heterocycles. The van der Waals surface area contributed by atoms with Crippen LogP contribution in [0.2, 0.25) is 0 Å². The fourth-order valence-corrected chi connectivity index (χ4v) is 3.60. The van der Waals surface area contributed by atoms with Gasteiger partial charge in [0.05, 0.1) is 30.8 Å². The molecule has 2 amide bonds. The lowest BCUT2D eigenvalue weighted by atomic mass is 10.0. The van der Waals surface area contributed by atoms with Crippen molar-refractivity contribution in [2.75, 3.05) is 37.8 Å². The van der Waals surface area contributed by atoms with Crippen molar-refractivity contribution >= 4 is 21.8 Å². The van der Waals surface area contributed by atoms with Gasteiger partial charge in [0.15, 0.2) is 9.84 Å². The van der Waals surface area contributed by atoms with Crippen molar-refractivity contribution in [1.29, 1.82) is 0 Å². The maximum Gasteiger partial charge on any atom is 0.317 e. The molecule has 114 valence electrons. The van der Waals surface area contributed by atoms with E-state index < -0.39 is 33.8 Å². The molecule has 2 aliphatic rings. The Balaban J connectivity index is 1.93. The van der Waals surface area contributed by atoms with Crippen LogP contribution < -0.4 is 5.32 Å². The normalized spacial score (nSPS) is 29.7. The number of rotatable bonds is 2. The second-order valence-electron chi connectivity index (χ2n) is 5.03. The van der Waals surface area contributed by atoms with Crippen LogP contribution in [0.3, 0.4) is 0 Å². The molecule has 0 bridgehead atoms. The second kappa shape index (κ2) is 5.96. The van der Waals surface area contributed by atoms with E-state index in [9.17, 15) is 18.0 Å². The molecule has 0 saturated carbocycles. The molecule has 0 radical (unpaired) electrons. The van der Waals surface area contributed by atoms with Gasteiger partial charge in [-0.2, -0.15) is 0 Å². The fraction of sp³-hybridized carbons (Fsp3) is 0.818. The highest BCUT2D eigenvalue weighted by Crippen LogP contribution is 2.14. The molecule has 0 aromatic rings. The van der Waals surface area contributed by atoms with Crippen LogP contribution in [0.5, 0.6) is 0 Å². The van der Waals surface area contributed by atoms with Gasteiger partial charge in [0.1, 0.15) is 5.92 Å². The zero-order valence-electron chi connectivity index (χ0n) is 10.9. The average Bonchev–Trinajstić information content (AvgIpc) is 2.73. The summed E-state index contributed by atoms with van der Waals surface area (Å²) in [4.78, 5) is 24.5. The fourth-order valence-electron chi connectivity index (χ4n) is 2.33. The number of carboxylic acids is 1. The summed E-state index contributed by atoms with van der Waals surface area (Å²) in [6.07, 6.45) is 0.402. The molecule has 0 aliphatic carbocycles. The Hall–Kier alpha value is -1.35. The van der Waals surface area contributed by atoms with Crippen LogP contribution >= 0.6 is 0 Å². The summed E-state index contributed by atoms with van der Waals surface area (Å²) in [7, 11) is -3.08. The number of hydrogen-bond acceptors (Lipinski definition) is 5. The summed E-state index contributed by atoms with van der Waals surface area (Å²) in [5.74, 6) is -1.73. The van der Waals surface area contributed by atoms with Gasteiger partial charge in [-0.05, 0) is 6.42 Å². The average molecular weight is 306 g/mol. The molecule has 2 N–H and O–H groups in total. The van der Waals surface area contributed by atoms with E-state index in [0.717, 1.165) is 0 Å². The smallest absolute Gasteiger partial charge is 0.317 e. The number of ether oxygens (including phenoxy) is 1. The number of carbonyl (C=O) groups is 2. The van der Waals surface area contributed by atoms with Crippen molar-refractivity contribution in [2.24, 2.45) is 5.92 Å².